The van der Waals surface area contributed by atoms with Crippen molar-refractivity contribution in [2.24, 2.45) is 0 Å². The predicted octanol–water partition coefficient (Wildman–Crippen LogP) is 2.61. The van der Waals surface area contributed by atoms with Gasteiger partial charge in [-0.1, -0.05) is 23.7 Å². The summed E-state index contributed by atoms with van der Waals surface area (Å²) in [6.45, 7) is 0. The smallest absolute Gasteiger partial charge is 0.274 e. The molecular weight excluding hydrogens is 430 g/mol. The fourth-order valence-electron chi connectivity index (χ4n) is 2.77. The standard InChI is InChI=1S/C19H14ClN5O4S/c1-29-19-15(24-30(27,28)16-5-3-2-4-13(16)20)10-12(11-22-19)14-6-7-17-21-9-8-18(26)25(17)23-14/h2-11,24H,1H3. The number of hydrogen-bond donors (Lipinski definition) is 1. The molecule has 0 spiro atoms. The molecule has 152 valence electrons. The van der Waals surface area contributed by atoms with Gasteiger partial charge in [0.15, 0.2) is 5.65 Å². The van der Waals surface area contributed by atoms with Crippen molar-refractivity contribution in [3.8, 4) is 17.1 Å². The highest BCUT2D eigenvalue weighted by Gasteiger charge is 2.20. The number of hydrogen-bond acceptors (Lipinski definition) is 7. The molecule has 3 aromatic heterocycles. The molecule has 0 aliphatic rings. The maximum atomic E-state index is 12.8. The first kappa shape index (κ1) is 19.8. The second-order valence-corrected chi connectivity index (χ2v) is 8.15. The van der Waals surface area contributed by atoms with Crippen LogP contribution in [0.15, 0.2) is 70.6 Å². The van der Waals surface area contributed by atoms with Crippen LogP contribution >= 0.6 is 11.6 Å². The lowest BCUT2D eigenvalue weighted by Gasteiger charge is -2.13. The summed E-state index contributed by atoms with van der Waals surface area (Å²) in [5.74, 6) is 0.0639. The van der Waals surface area contributed by atoms with Gasteiger partial charge in [-0.25, -0.2) is 18.4 Å². The Morgan fingerprint density at radius 1 is 1.10 bits per heavy atom. The van der Waals surface area contributed by atoms with Crippen LogP contribution in [-0.2, 0) is 10.0 Å². The number of nitrogens with zero attached hydrogens (tertiary/aromatic N) is 4. The maximum Gasteiger partial charge on any atom is 0.274 e. The monoisotopic (exact) mass is 443 g/mol. The normalized spacial score (nSPS) is 11.4. The highest BCUT2D eigenvalue weighted by molar-refractivity contribution is 7.92. The summed E-state index contributed by atoms with van der Waals surface area (Å²) in [5, 5.41) is 4.35. The number of fused-ring (bicyclic) bond motifs is 1. The Balaban J connectivity index is 1.79. The van der Waals surface area contributed by atoms with Crippen molar-refractivity contribution in [1.29, 1.82) is 0 Å². The van der Waals surface area contributed by atoms with E-state index in [9.17, 15) is 13.2 Å². The predicted molar refractivity (Wildman–Crippen MR) is 111 cm³/mol. The number of pyridine rings is 1. The van der Waals surface area contributed by atoms with Gasteiger partial charge in [-0.3, -0.25) is 9.52 Å². The molecule has 3 heterocycles. The molecule has 1 N–H and O–H groups in total. The van der Waals surface area contributed by atoms with Crippen molar-refractivity contribution in [3.05, 3.63) is 76.3 Å². The minimum atomic E-state index is -4.00. The summed E-state index contributed by atoms with van der Waals surface area (Å²) in [5.41, 5.74) is 0.988. The molecule has 0 aliphatic heterocycles. The van der Waals surface area contributed by atoms with Gasteiger partial charge in [0.05, 0.1) is 17.8 Å². The third-order valence-corrected chi connectivity index (χ3v) is 6.02. The average Bonchev–Trinajstić information content (AvgIpc) is 2.74. The number of sulfonamides is 1. The Morgan fingerprint density at radius 3 is 2.67 bits per heavy atom. The van der Waals surface area contributed by atoms with E-state index in [1.54, 1.807) is 24.3 Å². The van der Waals surface area contributed by atoms with Crippen LogP contribution in [0.1, 0.15) is 0 Å². The van der Waals surface area contributed by atoms with Crippen LogP contribution in [0.3, 0.4) is 0 Å². The number of nitrogens with one attached hydrogen (secondary N) is 1. The molecule has 11 heteroatoms. The van der Waals surface area contributed by atoms with E-state index in [1.165, 1.54) is 43.8 Å². The number of halogens is 1. The molecule has 0 atom stereocenters. The van der Waals surface area contributed by atoms with Crippen LogP contribution in [0.25, 0.3) is 16.9 Å². The zero-order chi connectivity index (χ0) is 21.3. The molecule has 0 amide bonds. The van der Waals surface area contributed by atoms with Crippen molar-refractivity contribution in [2.45, 2.75) is 4.90 Å². The van der Waals surface area contributed by atoms with E-state index >= 15 is 0 Å². The summed E-state index contributed by atoms with van der Waals surface area (Å²) in [6, 6.07) is 12.1. The Hall–Kier alpha value is -3.50. The van der Waals surface area contributed by atoms with Crippen LogP contribution in [0.4, 0.5) is 5.69 Å². The van der Waals surface area contributed by atoms with Crippen LogP contribution in [0.5, 0.6) is 5.88 Å². The van der Waals surface area contributed by atoms with Gasteiger partial charge in [0.1, 0.15) is 10.6 Å². The van der Waals surface area contributed by atoms with Crippen LogP contribution in [0, 0.1) is 0 Å². The van der Waals surface area contributed by atoms with Crippen molar-refractivity contribution < 1.29 is 13.2 Å². The first-order chi connectivity index (χ1) is 14.4. The summed E-state index contributed by atoms with van der Waals surface area (Å²) in [6.07, 6.45) is 2.86. The largest absolute Gasteiger partial charge is 0.480 e. The molecule has 9 nitrogen and oxygen atoms in total. The van der Waals surface area contributed by atoms with E-state index in [0.717, 1.165) is 4.52 Å². The average molecular weight is 444 g/mol. The zero-order valence-corrected chi connectivity index (χ0v) is 17.1. The first-order valence-corrected chi connectivity index (χ1v) is 10.4. The molecule has 4 rings (SSSR count). The van der Waals surface area contributed by atoms with E-state index in [4.69, 9.17) is 16.3 Å². The summed E-state index contributed by atoms with van der Waals surface area (Å²) < 4.78 is 34.4. The highest BCUT2D eigenvalue weighted by Crippen LogP contribution is 2.30. The molecule has 1 aromatic carbocycles. The van der Waals surface area contributed by atoms with E-state index < -0.39 is 10.0 Å². The van der Waals surface area contributed by atoms with Gasteiger partial charge >= 0.3 is 0 Å². The van der Waals surface area contributed by atoms with Gasteiger partial charge in [-0.15, -0.1) is 0 Å². The number of rotatable bonds is 5. The Labute approximate surface area is 176 Å². The lowest BCUT2D eigenvalue weighted by molar-refractivity contribution is 0.400. The first-order valence-electron chi connectivity index (χ1n) is 8.56. The molecule has 30 heavy (non-hydrogen) atoms. The minimum absolute atomic E-state index is 0.0639. The van der Waals surface area contributed by atoms with Gasteiger partial charge in [-0.2, -0.15) is 9.61 Å². The third kappa shape index (κ3) is 3.70. The summed E-state index contributed by atoms with van der Waals surface area (Å²) >= 11 is 6.03. The molecular formula is C19H14ClN5O4S. The highest BCUT2D eigenvalue weighted by atomic mass is 35.5. The quantitative estimate of drug-likeness (QED) is 0.504. The number of benzene rings is 1. The molecule has 0 saturated carbocycles. The van der Waals surface area contributed by atoms with Crippen LogP contribution < -0.4 is 15.0 Å². The van der Waals surface area contributed by atoms with E-state index in [1.807, 2.05) is 0 Å². The molecule has 0 bridgehead atoms. The summed E-state index contributed by atoms with van der Waals surface area (Å²) in [7, 11) is -2.63. The second-order valence-electron chi connectivity index (χ2n) is 6.09. The third-order valence-electron chi connectivity index (χ3n) is 4.16. The summed E-state index contributed by atoms with van der Waals surface area (Å²) in [4.78, 5) is 20.2. The Kier molecular flexibility index (Phi) is 5.10. The van der Waals surface area contributed by atoms with Crippen molar-refractivity contribution in [3.63, 3.8) is 0 Å². The van der Waals surface area contributed by atoms with Gasteiger partial charge in [-0.05, 0) is 30.3 Å². The molecule has 4 aromatic rings. The maximum absolute atomic E-state index is 12.8. The van der Waals surface area contributed by atoms with Crippen molar-refractivity contribution in [2.75, 3.05) is 11.8 Å². The fraction of sp³-hybridized carbons (Fsp3) is 0.0526. The Bertz CT molecular complexity index is 1420. The number of anilines is 1. The van der Waals surface area contributed by atoms with E-state index in [2.05, 4.69) is 19.8 Å². The van der Waals surface area contributed by atoms with Gasteiger partial charge < -0.3 is 4.74 Å². The van der Waals surface area contributed by atoms with E-state index in [0.29, 0.717) is 16.9 Å². The lowest BCUT2D eigenvalue weighted by Crippen LogP contribution is -2.16. The molecule has 0 saturated heterocycles. The second kappa shape index (κ2) is 7.73. The molecule has 0 fully saturated rings. The number of ether oxygens (including phenoxy) is 1. The Morgan fingerprint density at radius 2 is 1.90 bits per heavy atom. The number of methoxy groups -OCH3 is 1. The minimum Gasteiger partial charge on any atom is -0.480 e. The topological polar surface area (TPSA) is 116 Å². The van der Waals surface area contributed by atoms with Gasteiger partial charge in [0, 0.05) is 24.0 Å². The van der Waals surface area contributed by atoms with Crippen molar-refractivity contribution in [1.82, 2.24) is 19.6 Å². The molecule has 0 unspecified atom stereocenters. The van der Waals surface area contributed by atoms with Gasteiger partial charge in [0.25, 0.3) is 15.6 Å². The van der Waals surface area contributed by atoms with Gasteiger partial charge in [0.2, 0.25) is 5.88 Å². The zero-order valence-electron chi connectivity index (χ0n) is 15.5. The van der Waals surface area contributed by atoms with E-state index in [-0.39, 0.29) is 27.0 Å². The SMILES string of the molecule is COc1ncc(-c2ccc3nccc(=O)n3n2)cc1NS(=O)(=O)c1ccccc1Cl. The fourth-order valence-corrected chi connectivity index (χ4v) is 4.34. The lowest BCUT2D eigenvalue weighted by atomic mass is 10.2. The molecule has 0 radical (unpaired) electrons. The van der Waals surface area contributed by atoms with Crippen molar-refractivity contribution >= 4 is 33.0 Å². The molecule has 0 aliphatic carbocycles. The van der Waals surface area contributed by atoms with Crippen LogP contribution in [0.2, 0.25) is 5.02 Å². The number of aromatic nitrogens is 4. The van der Waals surface area contributed by atoms with Crippen LogP contribution in [-0.4, -0.2) is 35.1 Å².